The molecule has 4 aliphatic carbocycles. The number of nitrogens with two attached hydrogens (primary N) is 2. The van der Waals surface area contributed by atoms with Crippen LogP contribution in [0.2, 0.25) is 0 Å². The van der Waals surface area contributed by atoms with Crippen LogP contribution in [0.15, 0.2) is 0 Å². The standard InChI is InChI=1S/C13H23N3O/c14-7-11(16-12(15)17)13-4-8-1-9(5-13)3-10(2-8)6-13/h8-11H,1-7,14H2,(H3,15,16,17). The van der Waals surface area contributed by atoms with Crippen molar-refractivity contribution in [3.8, 4) is 0 Å². The fourth-order valence-electron chi connectivity index (χ4n) is 5.24. The number of hydrogen-bond donors (Lipinski definition) is 3. The molecule has 0 radical (unpaired) electrons. The van der Waals surface area contributed by atoms with E-state index >= 15 is 0 Å². The van der Waals surface area contributed by atoms with Gasteiger partial charge in [0, 0.05) is 12.6 Å². The number of carbonyl (C=O) groups is 1. The van der Waals surface area contributed by atoms with E-state index in [9.17, 15) is 4.79 Å². The van der Waals surface area contributed by atoms with E-state index in [1.54, 1.807) is 0 Å². The zero-order valence-electron chi connectivity index (χ0n) is 10.3. The second-order valence-electron chi connectivity index (χ2n) is 6.58. The Morgan fingerprint density at radius 3 is 2.00 bits per heavy atom. The molecule has 0 aromatic carbocycles. The van der Waals surface area contributed by atoms with Crippen LogP contribution in [-0.2, 0) is 0 Å². The number of rotatable bonds is 3. The quantitative estimate of drug-likeness (QED) is 0.689. The summed E-state index contributed by atoms with van der Waals surface area (Å²) in [6.07, 6.45) is 7.98. The minimum absolute atomic E-state index is 0.0911. The van der Waals surface area contributed by atoms with Crippen LogP contribution in [0.25, 0.3) is 0 Å². The van der Waals surface area contributed by atoms with Crippen molar-refractivity contribution < 1.29 is 4.79 Å². The van der Waals surface area contributed by atoms with Gasteiger partial charge in [-0.2, -0.15) is 0 Å². The third kappa shape index (κ3) is 1.82. The van der Waals surface area contributed by atoms with E-state index < -0.39 is 6.03 Å². The Morgan fingerprint density at radius 2 is 1.65 bits per heavy atom. The van der Waals surface area contributed by atoms with Crippen molar-refractivity contribution in [1.29, 1.82) is 0 Å². The van der Waals surface area contributed by atoms with Gasteiger partial charge in [-0.15, -0.1) is 0 Å². The lowest BCUT2D eigenvalue weighted by atomic mass is 9.47. The summed E-state index contributed by atoms with van der Waals surface area (Å²) in [5.74, 6) is 2.64. The summed E-state index contributed by atoms with van der Waals surface area (Å²) >= 11 is 0. The predicted molar refractivity (Wildman–Crippen MR) is 66.2 cm³/mol. The van der Waals surface area contributed by atoms with Gasteiger partial charge >= 0.3 is 6.03 Å². The maximum absolute atomic E-state index is 11.1. The molecule has 0 aromatic heterocycles. The summed E-state index contributed by atoms with van der Waals surface area (Å²) in [5.41, 5.74) is 11.4. The monoisotopic (exact) mass is 237 g/mol. The maximum atomic E-state index is 11.1. The Balaban J connectivity index is 1.82. The number of primary amides is 1. The van der Waals surface area contributed by atoms with Crippen molar-refractivity contribution in [2.24, 2.45) is 34.6 Å². The lowest BCUT2D eigenvalue weighted by molar-refractivity contribution is -0.0696. The molecule has 1 unspecified atom stereocenters. The molecule has 4 heteroatoms. The summed E-state index contributed by atoms with van der Waals surface area (Å²) in [7, 11) is 0. The highest BCUT2D eigenvalue weighted by molar-refractivity contribution is 5.72. The Kier molecular flexibility index (Phi) is 2.58. The second kappa shape index (κ2) is 3.87. The minimum atomic E-state index is -0.420. The zero-order valence-corrected chi connectivity index (χ0v) is 10.3. The predicted octanol–water partition coefficient (Wildman–Crippen LogP) is 1.20. The molecule has 96 valence electrons. The van der Waals surface area contributed by atoms with E-state index in [1.165, 1.54) is 38.5 Å². The van der Waals surface area contributed by atoms with E-state index in [1.807, 2.05) is 0 Å². The zero-order chi connectivity index (χ0) is 12.0. The first-order chi connectivity index (χ1) is 8.11. The number of hydrogen-bond acceptors (Lipinski definition) is 2. The molecule has 2 amide bonds. The smallest absolute Gasteiger partial charge is 0.312 e. The van der Waals surface area contributed by atoms with Crippen LogP contribution in [0.4, 0.5) is 4.79 Å². The summed E-state index contributed by atoms with van der Waals surface area (Å²) in [5, 5.41) is 2.90. The first-order valence-corrected chi connectivity index (χ1v) is 6.87. The summed E-state index contributed by atoms with van der Waals surface area (Å²) in [4.78, 5) is 11.1. The van der Waals surface area contributed by atoms with Gasteiger partial charge in [0.2, 0.25) is 0 Å². The molecule has 5 N–H and O–H groups in total. The van der Waals surface area contributed by atoms with Gasteiger partial charge < -0.3 is 16.8 Å². The Morgan fingerprint density at radius 1 is 1.18 bits per heavy atom. The molecule has 4 bridgehead atoms. The largest absolute Gasteiger partial charge is 0.352 e. The number of amides is 2. The summed E-state index contributed by atoms with van der Waals surface area (Å²) < 4.78 is 0. The van der Waals surface area contributed by atoms with E-state index in [0.29, 0.717) is 6.54 Å². The fraction of sp³-hybridized carbons (Fsp3) is 0.923. The van der Waals surface area contributed by atoms with Gasteiger partial charge in [-0.05, 0) is 61.7 Å². The van der Waals surface area contributed by atoms with Crippen molar-refractivity contribution in [2.45, 2.75) is 44.6 Å². The van der Waals surface area contributed by atoms with E-state index in [-0.39, 0.29) is 11.5 Å². The van der Waals surface area contributed by atoms with Crippen molar-refractivity contribution in [3.63, 3.8) is 0 Å². The van der Waals surface area contributed by atoms with E-state index in [2.05, 4.69) is 5.32 Å². The minimum Gasteiger partial charge on any atom is -0.352 e. The summed E-state index contributed by atoms with van der Waals surface area (Å²) in [6, 6.07) is -0.329. The highest BCUT2D eigenvalue weighted by Gasteiger charge is 2.54. The van der Waals surface area contributed by atoms with Gasteiger partial charge in [0.1, 0.15) is 0 Å². The molecule has 4 aliphatic rings. The molecule has 0 aromatic rings. The normalized spacial score (nSPS) is 44.6. The summed E-state index contributed by atoms with van der Waals surface area (Å²) in [6.45, 7) is 0.523. The molecule has 4 rings (SSSR count). The average molecular weight is 237 g/mol. The van der Waals surface area contributed by atoms with E-state index in [0.717, 1.165) is 17.8 Å². The van der Waals surface area contributed by atoms with Gasteiger partial charge in [0.15, 0.2) is 0 Å². The molecule has 1 atom stereocenters. The van der Waals surface area contributed by atoms with Crippen LogP contribution < -0.4 is 16.8 Å². The molecular weight excluding hydrogens is 214 g/mol. The first-order valence-electron chi connectivity index (χ1n) is 6.87. The van der Waals surface area contributed by atoms with Gasteiger partial charge in [-0.25, -0.2) is 4.79 Å². The third-order valence-corrected chi connectivity index (χ3v) is 5.38. The van der Waals surface area contributed by atoms with Gasteiger partial charge in [-0.1, -0.05) is 0 Å². The lowest BCUT2D eigenvalue weighted by Crippen LogP contribution is -2.60. The number of carbonyl (C=O) groups excluding carboxylic acids is 1. The van der Waals surface area contributed by atoms with Crippen LogP contribution in [0, 0.1) is 23.2 Å². The molecule has 4 fully saturated rings. The van der Waals surface area contributed by atoms with Crippen LogP contribution in [0.1, 0.15) is 38.5 Å². The van der Waals surface area contributed by atoms with Gasteiger partial charge in [-0.3, -0.25) is 0 Å². The van der Waals surface area contributed by atoms with E-state index in [4.69, 9.17) is 11.5 Å². The maximum Gasteiger partial charge on any atom is 0.312 e. The molecule has 0 aliphatic heterocycles. The fourth-order valence-corrected chi connectivity index (χ4v) is 5.24. The topological polar surface area (TPSA) is 81.1 Å². The Labute approximate surface area is 102 Å². The van der Waals surface area contributed by atoms with Crippen LogP contribution >= 0.6 is 0 Å². The van der Waals surface area contributed by atoms with Crippen molar-refractivity contribution >= 4 is 6.03 Å². The first kappa shape index (κ1) is 11.3. The molecule has 4 nitrogen and oxygen atoms in total. The second-order valence-corrected chi connectivity index (χ2v) is 6.58. The molecule has 0 saturated heterocycles. The number of urea groups is 1. The highest BCUT2D eigenvalue weighted by atomic mass is 16.2. The SMILES string of the molecule is NCC(NC(N)=O)C12CC3CC(CC(C3)C1)C2. The van der Waals surface area contributed by atoms with Crippen molar-refractivity contribution in [2.75, 3.05) is 6.54 Å². The lowest BCUT2D eigenvalue weighted by Gasteiger charge is -2.59. The van der Waals surface area contributed by atoms with Crippen LogP contribution in [0.3, 0.4) is 0 Å². The van der Waals surface area contributed by atoms with Crippen molar-refractivity contribution in [3.05, 3.63) is 0 Å². The molecule has 0 spiro atoms. The Bertz CT molecular complexity index is 293. The van der Waals surface area contributed by atoms with Crippen LogP contribution in [-0.4, -0.2) is 18.6 Å². The molecular formula is C13H23N3O. The van der Waals surface area contributed by atoms with Gasteiger partial charge in [0.25, 0.3) is 0 Å². The molecule has 17 heavy (non-hydrogen) atoms. The van der Waals surface area contributed by atoms with Crippen molar-refractivity contribution in [1.82, 2.24) is 5.32 Å². The van der Waals surface area contributed by atoms with Gasteiger partial charge in [0.05, 0.1) is 0 Å². The Hall–Kier alpha value is -0.770. The average Bonchev–Trinajstić information content (AvgIpc) is 2.23. The third-order valence-electron chi connectivity index (χ3n) is 5.38. The highest BCUT2D eigenvalue weighted by Crippen LogP contribution is 2.61. The number of nitrogens with one attached hydrogen (secondary N) is 1. The van der Waals surface area contributed by atoms with Crippen LogP contribution in [0.5, 0.6) is 0 Å². The molecule has 4 saturated carbocycles. The molecule has 0 heterocycles.